The van der Waals surface area contributed by atoms with Crippen LogP contribution in [0.5, 0.6) is 0 Å². The van der Waals surface area contributed by atoms with Gasteiger partial charge in [-0.25, -0.2) is 4.39 Å². The van der Waals surface area contributed by atoms with Crippen LogP contribution in [-0.4, -0.2) is 22.5 Å². The van der Waals surface area contributed by atoms with E-state index in [1.165, 1.54) is 24.8 Å². The van der Waals surface area contributed by atoms with Crippen LogP contribution in [0.1, 0.15) is 37.8 Å². The zero-order chi connectivity index (χ0) is 12.1. The molecule has 2 nitrogen and oxygen atoms in total. The molecule has 0 saturated carbocycles. The number of nitrogens with one attached hydrogen (secondary N) is 1. The topological polar surface area (TPSA) is 24.9 Å². The molecule has 1 fully saturated rings. The van der Waals surface area contributed by atoms with Crippen molar-refractivity contribution in [3.05, 3.63) is 29.8 Å². The Balaban J connectivity index is 2.13. The van der Waals surface area contributed by atoms with E-state index in [1.54, 1.807) is 12.3 Å². The highest BCUT2D eigenvalue weighted by Crippen LogP contribution is 2.35. The van der Waals surface area contributed by atoms with Crippen LogP contribution in [0.4, 0.5) is 4.39 Å². The van der Waals surface area contributed by atoms with Crippen molar-refractivity contribution >= 4 is 11.8 Å². The Morgan fingerprint density at radius 3 is 3.12 bits per heavy atom. The van der Waals surface area contributed by atoms with Gasteiger partial charge in [-0.1, -0.05) is 6.92 Å². The lowest BCUT2D eigenvalue weighted by molar-refractivity contribution is 0.498. The molecular weight excluding hydrogens is 235 g/mol. The van der Waals surface area contributed by atoms with E-state index in [4.69, 9.17) is 0 Å². The van der Waals surface area contributed by atoms with Gasteiger partial charge in [0, 0.05) is 17.5 Å². The monoisotopic (exact) mass is 254 g/mol. The fraction of sp³-hybridized carbons (Fsp3) is 0.615. The maximum absolute atomic E-state index is 13.2. The maximum atomic E-state index is 13.2. The predicted octanol–water partition coefficient (Wildman–Crippen LogP) is 3.16. The fourth-order valence-corrected chi connectivity index (χ4v) is 3.64. The summed E-state index contributed by atoms with van der Waals surface area (Å²) < 4.78 is 13.2. The van der Waals surface area contributed by atoms with Crippen LogP contribution >= 0.6 is 11.8 Å². The molecule has 1 aliphatic rings. The van der Waals surface area contributed by atoms with E-state index < -0.39 is 0 Å². The minimum absolute atomic E-state index is 0.241. The Morgan fingerprint density at radius 1 is 1.59 bits per heavy atom. The summed E-state index contributed by atoms with van der Waals surface area (Å²) in [5.74, 6) is 0.978. The number of thioether (sulfide) groups is 1. The Kier molecular flexibility index (Phi) is 4.80. The quantitative estimate of drug-likeness (QED) is 0.873. The molecule has 17 heavy (non-hydrogen) atoms. The van der Waals surface area contributed by atoms with Gasteiger partial charge in [-0.2, -0.15) is 11.8 Å². The van der Waals surface area contributed by atoms with Gasteiger partial charge in [0.15, 0.2) is 0 Å². The lowest BCUT2D eigenvalue weighted by Crippen LogP contribution is -2.29. The number of pyridine rings is 1. The van der Waals surface area contributed by atoms with E-state index in [-0.39, 0.29) is 11.9 Å². The molecule has 0 amide bonds. The molecule has 0 radical (unpaired) electrons. The number of hydrogen-bond donors (Lipinski definition) is 1. The highest BCUT2D eigenvalue weighted by molar-refractivity contribution is 8.00. The minimum Gasteiger partial charge on any atom is -0.309 e. The van der Waals surface area contributed by atoms with Crippen molar-refractivity contribution in [3.63, 3.8) is 0 Å². The normalized spacial score (nSPS) is 21.6. The van der Waals surface area contributed by atoms with Gasteiger partial charge in [-0.3, -0.25) is 4.98 Å². The first-order valence-corrected chi connectivity index (χ1v) is 7.31. The molecule has 1 saturated heterocycles. The number of halogens is 1. The van der Waals surface area contributed by atoms with E-state index >= 15 is 0 Å². The molecule has 1 N–H and O–H groups in total. The molecule has 1 aliphatic heterocycles. The summed E-state index contributed by atoms with van der Waals surface area (Å²) >= 11 is 1.99. The first-order valence-electron chi connectivity index (χ1n) is 6.26. The minimum atomic E-state index is -0.242. The molecule has 2 unspecified atom stereocenters. The average molecular weight is 254 g/mol. The average Bonchev–Trinajstić information content (AvgIpc) is 2.83. The third-order valence-electron chi connectivity index (χ3n) is 3.04. The van der Waals surface area contributed by atoms with Gasteiger partial charge >= 0.3 is 0 Å². The number of aromatic nitrogens is 1. The summed E-state index contributed by atoms with van der Waals surface area (Å²) in [5, 5.41) is 4.09. The van der Waals surface area contributed by atoms with Gasteiger partial charge in [0.05, 0.1) is 6.20 Å². The van der Waals surface area contributed by atoms with Gasteiger partial charge in [0.2, 0.25) is 0 Å². The van der Waals surface area contributed by atoms with Crippen molar-refractivity contribution in [2.24, 2.45) is 0 Å². The number of hydrogen-bond acceptors (Lipinski definition) is 3. The summed E-state index contributed by atoms with van der Waals surface area (Å²) in [4.78, 5) is 3.96. The third kappa shape index (κ3) is 3.42. The second kappa shape index (κ2) is 6.36. The molecule has 0 bridgehead atoms. The Hall–Kier alpha value is -0.610. The molecule has 2 heterocycles. The molecular formula is C13H19FN2S. The molecule has 4 heteroatoms. The summed E-state index contributed by atoms with van der Waals surface area (Å²) in [7, 11) is 0. The molecule has 2 rings (SSSR count). The zero-order valence-corrected chi connectivity index (χ0v) is 11.0. The van der Waals surface area contributed by atoms with Gasteiger partial charge in [-0.05, 0) is 43.2 Å². The van der Waals surface area contributed by atoms with Crippen molar-refractivity contribution in [2.45, 2.75) is 37.5 Å². The first-order chi connectivity index (χ1) is 8.31. The zero-order valence-electron chi connectivity index (χ0n) is 10.2. The van der Waals surface area contributed by atoms with Crippen LogP contribution in [0.25, 0.3) is 0 Å². The Labute approximate surface area is 106 Å². The maximum Gasteiger partial charge on any atom is 0.141 e. The lowest BCUT2D eigenvalue weighted by Gasteiger charge is -2.24. The van der Waals surface area contributed by atoms with Crippen molar-refractivity contribution < 1.29 is 4.39 Å². The van der Waals surface area contributed by atoms with Crippen molar-refractivity contribution in [3.8, 4) is 0 Å². The van der Waals surface area contributed by atoms with E-state index in [0.717, 1.165) is 18.5 Å². The molecule has 94 valence electrons. The van der Waals surface area contributed by atoms with Crippen LogP contribution in [0, 0.1) is 5.82 Å². The van der Waals surface area contributed by atoms with E-state index in [9.17, 15) is 4.39 Å². The lowest BCUT2D eigenvalue weighted by atomic mass is 10.0. The molecule has 1 aromatic heterocycles. The second-order valence-corrected chi connectivity index (χ2v) is 5.77. The van der Waals surface area contributed by atoms with Crippen molar-refractivity contribution in [1.82, 2.24) is 10.3 Å². The van der Waals surface area contributed by atoms with Crippen LogP contribution in [0.15, 0.2) is 18.5 Å². The standard InChI is InChI=1S/C13H19FN2S/c1-2-5-16-13(12-4-3-6-17-12)10-7-11(14)9-15-8-10/h7-9,12-13,16H,2-6H2,1H3. The van der Waals surface area contributed by atoms with Crippen molar-refractivity contribution in [1.29, 1.82) is 0 Å². The molecule has 0 aliphatic carbocycles. The second-order valence-electron chi connectivity index (χ2n) is 4.42. The van der Waals surface area contributed by atoms with E-state index in [0.29, 0.717) is 5.25 Å². The smallest absolute Gasteiger partial charge is 0.141 e. The molecule has 0 spiro atoms. The van der Waals surface area contributed by atoms with Crippen LogP contribution < -0.4 is 5.32 Å². The van der Waals surface area contributed by atoms with Crippen LogP contribution in [0.2, 0.25) is 0 Å². The van der Waals surface area contributed by atoms with Crippen LogP contribution in [-0.2, 0) is 0 Å². The predicted molar refractivity (Wildman–Crippen MR) is 70.7 cm³/mol. The van der Waals surface area contributed by atoms with Gasteiger partial charge in [0.25, 0.3) is 0 Å². The fourth-order valence-electron chi connectivity index (χ4n) is 2.23. The van der Waals surface area contributed by atoms with Gasteiger partial charge in [0.1, 0.15) is 5.82 Å². The summed E-state index contributed by atoms with van der Waals surface area (Å²) in [5.41, 5.74) is 0.984. The molecule has 0 aromatic carbocycles. The Bertz CT molecular complexity index is 353. The SMILES string of the molecule is CCCNC(c1cncc(F)c1)C1CCCS1. The number of rotatable bonds is 5. The summed E-state index contributed by atoms with van der Waals surface area (Å²) in [6.07, 6.45) is 6.62. The first kappa shape index (κ1) is 12.8. The van der Waals surface area contributed by atoms with Crippen LogP contribution in [0.3, 0.4) is 0 Å². The summed E-state index contributed by atoms with van der Waals surface area (Å²) in [6, 6.07) is 1.85. The van der Waals surface area contributed by atoms with E-state index in [2.05, 4.69) is 17.2 Å². The highest BCUT2D eigenvalue weighted by Gasteiger charge is 2.26. The number of nitrogens with zero attached hydrogens (tertiary/aromatic N) is 1. The van der Waals surface area contributed by atoms with Gasteiger partial charge < -0.3 is 5.32 Å². The molecule has 1 aromatic rings. The Morgan fingerprint density at radius 2 is 2.47 bits per heavy atom. The van der Waals surface area contributed by atoms with E-state index in [1.807, 2.05) is 11.8 Å². The van der Waals surface area contributed by atoms with Gasteiger partial charge in [-0.15, -0.1) is 0 Å². The molecule has 2 atom stereocenters. The summed E-state index contributed by atoms with van der Waals surface area (Å²) in [6.45, 7) is 3.12. The van der Waals surface area contributed by atoms with Crippen molar-refractivity contribution in [2.75, 3.05) is 12.3 Å². The third-order valence-corrected chi connectivity index (χ3v) is 4.50. The highest BCUT2D eigenvalue weighted by atomic mass is 32.2. The largest absolute Gasteiger partial charge is 0.309 e.